The zero-order valence-electron chi connectivity index (χ0n) is 10.6. The van der Waals surface area contributed by atoms with E-state index in [9.17, 15) is 9.59 Å². The number of benzene rings is 2. The van der Waals surface area contributed by atoms with Gasteiger partial charge >= 0.3 is 5.97 Å². The molecule has 0 atom stereocenters. The predicted octanol–water partition coefficient (Wildman–Crippen LogP) is 3.53. The molecule has 0 bridgehead atoms. The summed E-state index contributed by atoms with van der Waals surface area (Å²) in [5.74, 6) is -1.73. The minimum atomic E-state index is -1.19. The monoisotopic (exact) mass is 324 g/mol. The van der Waals surface area contributed by atoms with Gasteiger partial charge in [0.05, 0.1) is 21.8 Å². The number of amides is 1. The maximum atomic E-state index is 12.1. The quantitative estimate of drug-likeness (QED) is 0.753. The van der Waals surface area contributed by atoms with E-state index >= 15 is 0 Å². The topological polar surface area (TPSA) is 92.4 Å². The highest BCUT2D eigenvalue weighted by atomic mass is 35.5. The van der Waals surface area contributed by atoms with E-state index < -0.39 is 11.9 Å². The number of carbonyl (C=O) groups excluding carboxylic acids is 1. The highest BCUT2D eigenvalue weighted by Gasteiger charge is 2.16. The van der Waals surface area contributed by atoms with Crippen molar-refractivity contribution in [3.8, 4) is 0 Å². The van der Waals surface area contributed by atoms with Crippen LogP contribution in [0, 0.1) is 0 Å². The number of anilines is 2. The highest BCUT2D eigenvalue weighted by molar-refractivity contribution is 6.37. The largest absolute Gasteiger partial charge is 0.478 e. The third kappa shape index (κ3) is 3.45. The van der Waals surface area contributed by atoms with Crippen molar-refractivity contribution >= 4 is 46.5 Å². The number of hydrogen-bond acceptors (Lipinski definition) is 3. The van der Waals surface area contributed by atoms with E-state index in [2.05, 4.69) is 5.32 Å². The Morgan fingerprint density at radius 2 is 1.76 bits per heavy atom. The summed E-state index contributed by atoms with van der Waals surface area (Å²) in [5, 5.41) is 12.2. The summed E-state index contributed by atoms with van der Waals surface area (Å²) in [5.41, 5.74) is 6.04. The molecule has 0 saturated heterocycles. The molecule has 5 nitrogen and oxygen atoms in total. The van der Waals surface area contributed by atoms with Gasteiger partial charge in [-0.15, -0.1) is 0 Å². The molecule has 0 radical (unpaired) electrons. The summed E-state index contributed by atoms with van der Waals surface area (Å²) in [4.78, 5) is 23.3. The Hall–Kier alpha value is -2.24. The molecule has 2 rings (SSSR count). The fraction of sp³-hybridized carbons (Fsp3) is 0. The Labute approximate surface area is 130 Å². The molecule has 2 aromatic carbocycles. The standard InChI is InChI=1S/C14H10Cl2N2O3/c15-7-1-3-9(11(16)5-7)13(19)18-12-4-2-8(17)6-10(12)14(20)21/h1-6H,17H2,(H,18,19)(H,20,21). The van der Waals surface area contributed by atoms with E-state index in [0.29, 0.717) is 5.02 Å². The van der Waals surface area contributed by atoms with Crippen LogP contribution in [0.5, 0.6) is 0 Å². The van der Waals surface area contributed by atoms with Crippen molar-refractivity contribution in [2.75, 3.05) is 11.1 Å². The van der Waals surface area contributed by atoms with Gasteiger partial charge in [-0.25, -0.2) is 4.79 Å². The van der Waals surface area contributed by atoms with Crippen LogP contribution in [0.1, 0.15) is 20.7 Å². The van der Waals surface area contributed by atoms with Crippen LogP contribution in [0.2, 0.25) is 10.0 Å². The van der Waals surface area contributed by atoms with E-state index in [1.54, 1.807) is 0 Å². The lowest BCUT2D eigenvalue weighted by atomic mass is 10.1. The van der Waals surface area contributed by atoms with Gasteiger partial charge in [0, 0.05) is 10.7 Å². The Balaban J connectivity index is 2.34. The van der Waals surface area contributed by atoms with Gasteiger partial charge < -0.3 is 16.2 Å². The van der Waals surface area contributed by atoms with Crippen LogP contribution in [0.25, 0.3) is 0 Å². The average Bonchev–Trinajstić information content (AvgIpc) is 2.40. The lowest BCUT2D eigenvalue weighted by molar-refractivity contribution is 0.0698. The first-order valence-electron chi connectivity index (χ1n) is 5.77. The zero-order chi connectivity index (χ0) is 15.6. The summed E-state index contributed by atoms with van der Waals surface area (Å²) in [6.45, 7) is 0. The van der Waals surface area contributed by atoms with Crippen molar-refractivity contribution in [2.45, 2.75) is 0 Å². The minimum Gasteiger partial charge on any atom is -0.478 e. The lowest BCUT2D eigenvalue weighted by Crippen LogP contribution is -2.15. The Morgan fingerprint density at radius 1 is 1.05 bits per heavy atom. The number of nitrogens with one attached hydrogen (secondary N) is 1. The van der Waals surface area contributed by atoms with Crippen LogP contribution in [0.3, 0.4) is 0 Å². The Kier molecular flexibility index (Phi) is 4.35. The number of halogens is 2. The van der Waals surface area contributed by atoms with Gasteiger partial charge in [0.1, 0.15) is 0 Å². The highest BCUT2D eigenvalue weighted by Crippen LogP contribution is 2.24. The molecule has 0 aliphatic carbocycles. The minimum absolute atomic E-state index is 0.103. The number of carboxylic acid groups (broad SMARTS) is 1. The molecule has 1 amide bonds. The number of carboxylic acids is 1. The first kappa shape index (κ1) is 15.2. The van der Waals surface area contributed by atoms with Crippen molar-refractivity contribution in [2.24, 2.45) is 0 Å². The molecule has 4 N–H and O–H groups in total. The van der Waals surface area contributed by atoms with Gasteiger partial charge in [0.25, 0.3) is 5.91 Å². The number of rotatable bonds is 3. The van der Waals surface area contributed by atoms with Crippen molar-refractivity contribution in [1.29, 1.82) is 0 Å². The normalized spacial score (nSPS) is 10.2. The van der Waals surface area contributed by atoms with Gasteiger partial charge in [-0.2, -0.15) is 0 Å². The summed E-state index contributed by atoms with van der Waals surface area (Å²) in [6.07, 6.45) is 0. The van der Waals surface area contributed by atoms with Gasteiger partial charge in [-0.05, 0) is 36.4 Å². The van der Waals surface area contributed by atoms with Gasteiger partial charge in [-0.1, -0.05) is 23.2 Å². The third-order valence-corrected chi connectivity index (χ3v) is 3.25. The van der Waals surface area contributed by atoms with Crippen LogP contribution in [0.4, 0.5) is 11.4 Å². The Bertz CT molecular complexity index is 732. The summed E-state index contributed by atoms with van der Waals surface area (Å²) >= 11 is 11.7. The number of hydrogen-bond donors (Lipinski definition) is 3. The molecule has 108 valence electrons. The summed E-state index contributed by atoms with van der Waals surface area (Å²) in [7, 11) is 0. The molecule has 0 aromatic heterocycles. The second kappa shape index (κ2) is 6.03. The van der Waals surface area contributed by atoms with Crippen LogP contribution >= 0.6 is 23.2 Å². The molecule has 21 heavy (non-hydrogen) atoms. The smallest absolute Gasteiger partial charge is 0.337 e. The summed E-state index contributed by atoms with van der Waals surface area (Å²) < 4.78 is 0. The summed E-state index contributed by atoms with van der Waals surface area (Å²) in [6, 6.07) is 8.58. The Morgan fingerprint density at radius 3 is 2.38 bits per heavy atom. The van der Waals surface area contributed by atoms with Gasteiger partial charge in [0.2, 0.25) is 0 Å². The third-order valence-electron chi connectivity index (χ3n) is 2.70. The molecule has 7 heteroatoms. The van der Waals surface area contributed by atoms with E-state index in [1.165, 1.54) is 36.4 Å². The predicted molar refractivity (Wildman–Crippen MR) is 82.2 cm³/mol. The van der Waals surface area contributed by atoms with E-state index in [1.807, 2.05) is 0 Å². The van der Waals surface area contributed by atoms with Crippen LogP contribution in [0.15, 0.2) is 36.4 Å². The maximum absolute atomic E-state index is 12.1. The molecule has 0 aliphatic heterocycles. The van der Waals surface area contributed by atoms with Crippen LogP contribution < -0.4 is 11.1 Å². The number of nitrogens with two attached hydrogens (primary N) is 1. The van der Waals surface area contributed by atoms with Gasteiger partial charge in [-0.3, -0.25) is 4.79 Å². The number of nitrogen functional groups attached to an aromatic ring is 1. The van der Waals surface area contributed by atoms with Crippen LogP contribution in [-0.2, 0) is 0 Å². The second-order valence-corrected chi connectivity index (χ2v) is 5.03. The lowest BCUT2D eigenvalue weighted by Gasteiger charge is -2.10. The average molecular weight is 325 g/mol. The second-order valence-electron chi connectivity index (χ2n) is 4.19. The van der Waals surface area contributed by atoms with E-state index in [-0.39, 0.29) is 27.5 Å². The molecule has 0 fully saturated rings. The molecule has 0 aliphatic rings. The fourth-order valence-electron chi connectivity index (χ4n) is 1.71. The van der Waals surface area contributed by atoms with Gasteiger partial charge in [0.15, 0.2) is 0 Å². The molecular weight excluding hydrogens is 315 g/mol. The van der Waals surface area contributed by atoms with Crippen molar-refractivity contribution < 1.29 is 14.7 Å². The van der Waals surface area contributed by atoms with E-state index in [0.717, 1.165) is 0 Å². The first-order chi connectivity index (χ1) is 9.88. The molecular formula is C14H10Cl2N2O3. The van der Waals surface area contributed by atoms with E-state index in [4.69, 9.17) is 34.0 Å². The van der Waals surface area contributed by atoms with Crippen molar-refractivity contribution in [1.82, 2.24) is 0 Å². The molecule has 0 saturated carbocycles. The zero-order valence-corrected chi connectivity index (χ0v) is 12.1. The van der Waals surface area contributed by atoms with Crippen molar-refractivity contribution in [3.05, 3.63) is 57.6 Å². The molecule has 0 heterocycles. The molecule has 0 unspecified atom stereocenters. The first-order valence-corrected chi connectivity index (χ1v) is 6.53. The van der Waals surface area contributed by atoms with Crippen LogP contribution in [-0.4, -0.2) is 17.0 Å². The fourth-order valence-corrected chi connectivity index (χ4v) is 2.21. The molecule has 0 spiro atoms. The molecule has 2 aromatic rings. The maximum Gasteiger partial charge on any atom is 0.337 e. The van der Waals surface area contributed by atoms with Crippen molar-refractivity contribution in [3.63, 3.8) is 0 Å². The number of carbonyl (C=O) groups is 2. The number of aromatic carboxylic acids is 1. The SMILES string of the molecule is Nc1ccc(NC(=O)c2ccc(Cl)cc2Cl)c(C(=O)O)c1.